The van der Waals surface area contributed by atoms with Crippen molar-refractivity contribution in [1.82, 2.24) is 5.32 Å². The standard InChI is InChI=1S/C12H17NO/c1-4-9-14-12-7-5-11(6-8-12)10(2)13-3/h4-8,10,13H,1,9H2,2-3H3/t10-/m0/s1. The van der Waals surface area contributed by atoms with Crippen LogP contribution in [0.4, 0.5) is 0 Å². The van der Waals surface area contributed by atoms with Gasteiger partial charge < -0.3 is 10.1 Å². The molecule has 0 aliphatic carbocycles. The molecular weight excluding hydrogens is 174 g/mol. The third-order valence-electron chi connectivity index (χ3n) is 2.18. The summed E-state index contributed by atoms with van der Waals surface area (Å²) in [5.41, 5.74) is 1.26. The highest BCUT2D eigenvalue weighted by molar-refractivity contribution is 5.28. The summed E-state index contributed by atoms with van der Waals surface area (Å²) in [5, 5.41) is 3.19. The van der Waals surface area contributed by atoms with Gasteiger partial charge in [-0.2, -0.15) is 0 Å². The molecule has 1 rings (SSSR count). The lowest BCUT2D eigenvalue weighted by Crippen LogP contribution is -2.11. The zero-order chi connectivity index (χ0) is 10.4. The SMILES string of the molecule is C=CCOc1ccc([C@H](C)NC)cc1. The molecular formula is C12H17NO. The van der Waals surface area contributed by atoms with Gasteiger partial charge in [0, 0.05) is 6.04 Å². The van der Waals surface area contributed by atoms with Crippen molar-refractivity contribution < 1.29 is 4.74 Å². The van der Waals surface area contributed by atoms with E-state index in [0.717, 1.165) is 5.75 Å². The van der Waals surface area contributed by atoms with Crippen LogP contribution in [-0.4, -0.2) is 13.7 Å². The van der Waals surface area contributed by atoms with Crippen LogP contribution in [0.5, 0.6) is 5.75 Å². The summed E-state index contributed by atoms with van der Waals surface area (Å²) in [5.74, 6) is 0.886. The minimum atomic E-state index is 0.378. The number of hydrogen-bond donors (Lipinski definition) is 1. The first kappa shape index (κ1) is 10.8. The number of rotatable bonds is 5. The van der Waals surface area contributed by atoms with Crippen molar-refractivity contribution in [2.75, 3.05) is 13.7 Å². The van der Waals surface area contributed by atoms with Crippen molar-refractivity contribution in [2.24, 2.45) is 0 Å². The van der Waals surface area contributed by atoms with Crippen LogP contribution in [0.2, 0.25) is 0 Å². The highest BCUT2D eigenvalue weighted by atomic mass is 16.5. The van der Waals surface area contributed by atoms with E-state index in [4.69, 9.17) is 4.74 Å². The molecule has 0 amide bonds. The lowest BCUT2D eigenvalue weighted by Gasteiger charge is -2.11. The van der Waals surface area contributed by atoms with Gasteiger partial charge in [-0.05, 0) is 31.7 Å². The smallest absolute Gasteiger partial charge is 0.119 e. The summed E-state index contributed by atoms with van der Waals surface area (Å²) in [6, 6.07) is 8.47. The van der Waals surface area contributed by atoms with E-state index in [-0.39, 0.29) is 0 Å². The molecule has 2 nitrogen and oxygen atoms in total. The maximum absolute atomic E-state index is 5.39. The monoisotopic (exact) mass is 191 g/mol. The first-order chi connectivity index (χ1) is 6.77. The van der Waals surface area contributed by atoms with Gasteiger partial charge >= 0.3 is 0 Å². The van der Waals surface area contributed by atoms with Crippen LogP contribution in [0.3, 0.4) is 0 Å². The van der Waals surface area contributed by atoms with E-state index in [1.54, 1.807) is 6.08 Å². The van der Waals surface area contributed by atoms with E-state index in [0.29, 0.717) is 12.6 Å². The molecule has 0 saturated heterocycles. The number of ether oxygens (including phenoxy) is 1. The van der Waals surface area contributed by atoms with Gasteiger partial charge in [0.1, 0.15) is 12.4 Å². The normalized spacial score (nSPS) is 12.1. The Morgan fingerprint density at radius 1 is 1.43 bits per heavy atom. The molecule has 1 aromatic rings. The van der Waals surface area contributed by atoms with Gasteiger partial charge in [-0.1, -0.05) is 24.8 Å². The molecule has 0 aliphatic rings. The van der Waals surface area contributed by atoms with E-state index in [2.05, 4.69) is 31.0 Å². The fraction of sp³-hybridized carbons (Fsp3) is 0.333. The molecule has 2 heteroatoms. The maximum Gasteiger partial charge on any atom is 0.119 e. The quantitative estimate of drug-likeness (QED) is 0.722. The Labute approximate surface area is 85.6 Å². The predicted molar refractivity (Wildman–Crippen MR) is 59.6 cm³/mol. The fourth-order valence-electron chi connectivity index (χ4n) is 1.17. The molecule has 0 radical (unpaired) electrons. The Bertz CT molecular complexity index is 279. The van der Waals surface area contributed by atoms with Crippen molar-refractivity contribution in [3.63, 3.8) is 0 Å². The third kappa shape index (κ3) is 2.89. The number of hydrogen-bond acceptors (Lipinski definition) is 2. The molecule has 0 bridgehead atoms. The van der Waals surface area contributed by atoms with Crippen LogP contribution in [0, 0.1) is 0 Å². The number of benzene rings is 1. The summed E-state index contributed by atoms with van der Waals surface area (Å²) in [7, 11) is 1.95. The molecule has 0 aliphatic heterocycles. The van der Waals surface area contributed by atoms with Crippen LogP contribution in [0.15, 0.2) is 36.9 Å². The fourth-order valence-corrected chi connectivity index (χ4v) is 1.17. The topological polar surface area (TPSA) is 21.3 Å². The van der Waals surface area contributed by atoms with Crippen LogP contribution < -0.4 is 10.1 Å². The van der Waals surface area contributed by atoms with Gasteiger partial charge in [0.05, 0.1) is 0 Å². The molecule has 0 fully saturated rings. The van der Waals surface area contributed by atoms with Crippen molar-refractivity contribution >= 4 is 0 Å². The minimum Gasteiger partial charge on any atom is -0.490 e. The average molecular weight is 191 g/mol. The second-order valence-corrected chi connectivity index (χ2v) is 3.18. The van der Waals surface area contributed by atoms with Gasteiger partial charge in [-0.25, -0.2) is 0 Å². The molecule has 0 aromatic heterocycles. The molecule has 0 heterocycles. The van der Waals surface area contributed by atoms with Gasteiger partial charge in [0.15, 0.2) is 0 Å². The summed E-state index contributed by atoms with van der Waals surface area (Å²) in [6.07, 6.45) is 1.74. The average Bonchev–Trinajstić information content (AvgIpc) is 2.26. The van der Waals surface area contributed by atoms with Crippen LogP contribution in [0.1, 0.15) is 18.5 Å². The van der Waals surface area contributed by atoms with Crippen molar-refractivity contribution in [1.29, 1.82) is 0 Å². The molecule has 0 spiro atoms. The minimum absolute atomic E-state index is 0.378. The van der Waals surface area contributed by atoms with Gasteiger partial charge in [-0.3, -0.25) is 0 Å². The first-order valence-electron chi connectivity index (χ1n) is 4.79. The van der Waals surface area contributed by atoms with Crippen molar-refractivity contribution in [3.8, 4) is 5.75 Å². The lowest BCUT2D eigenvalue weighted by molar-refractivity contribution is 0.363. The Kier molecular flexibility index (Phi) is 4.20. The highest BCUT2D eigenvalue weighted by Gasteiger charge is 2.01. The molecule has 1 aromatic carbocycles. The summed E-state index contributed by atoms with van der Waals surface area (Å²) in [4.78, 5) is 0. The Hall–Kier alpha value is -1.28. The Morgan fingerprint density at radius 3 is 2.57 bits per heavy atom. The predicted octanol–water partition coefficient (Wildman–Crippen LogP) is 2.53. The Balaban J connectivity index is 2.63. The molecule has 1 N–H and O–H groups in total. The zero-order valence-electron chi connectivity index (χ0n) is 8.79. The van der Waals surface area contributed by atoms with Crippen LogP contribution in [0.25, 0.3) is 0 Å². The van der Waals surface area contributed by atoms with E-state index in [9.17, 15) is 0 Å². The molecule has 0 unspecified atom stereocenters. The Morgan fingerprint density at radius 2 is 2.07 bits per heavy atom. The van der Waals surface area contributed by atoms with Crippen molar-refractivity contribution in [3.05, 3.63) is 42.5 Å². The van der Waals surface area contributed by atoms with Crippen molar-refractivity contribution in [2.45, 2.75) is 13.0 Å². The van der Waals surface area contributed by atoms with E-state index >= 15 is 0 Å². The van der Waals surface area contributed by atoms with Gasteiger partial charge in [0.25, 0.3) is 0 Å². The van der Waals surface area contributed by atoms with E-state index in [1.807, 2.05) is 19.2 Å². The second kappa shape index (κ2) is 5.45. The molecule has 1 atom stereocenters. The number of nitrogens with one attached hydrogen (secondary N) is 1. The maximum atomic E-state index is 5.39. The third-order valence-corrected chi connectivity index (χ3v) is 2.18. The largest absolute Gasteiger partial charge is 0.490 e. The van der Waals surface area contributed by atoms with Gasteiger partial charge in [0.2, 0.25) is 0 Å². The zero-order valence-corrected chi connectivity index (χ0v) is 8.79. The molecule has 76 valence electrons. The van der Waals surface area contributed by atoms with E-state index < -0.39 is 0 Å². The van der Waals surface area contributed by atoms with Crippen LogP contribution in [-0.2, 0) is 0 Å². The second-order valence-electron chi connectivity index (χ2n) is 3.18. The lowest BCUT2D eigenvalue weighted by atomic mass is 10.1. The summed E-state index contributed by atoms with van der Waals surface area (Å²) in [6.45, 7) is 6.28. The molecule has 14 heavy (non-hydrogen) atoms. The van der Waals surface area contributed by atoms with Crippen LogP contribution >= 0.6 is 0 Å². The summed E-state index contributed by atoms with van der Waals surface area (Å²) >= 11 is 0. The highest BCUT2D eigenvalue weighted by Crippen LogP contribution is 2.16. The summed E-state index contributed by atoms with van der Waals surface area (Å²) < 4.78 is 5.39. The first-order valence-corrected chi connectivity index (χ1v) is 4.79. The molecule has 0 saturated carbocycles. The van der Waals surface area contributed by atoms with Gasteiger partial charge in [-0.15, -0.1) is 0 Å². The van der Waals surface area contributed by atoms with E-state index in [1.165, 1.54) is 5.56 Å².